The highest BCUT2D eigenvalue weighted by Crippen LogP contribution is 2.20. The molecule has 114 valence electrons. The van der Waals surface area contributed by atoms with Crippen LogP contribution >= 0.6 is 23.1 Å². The van der Waals surface area contributed by atoms with Gasteiger partial charge in [-0.1, -0.05) is 12.1 Å². The van der Waals surface area contributed by atoms with E-state index in [1.165, 1.54) is 11.3 Å². The third kappa shape index (κ3) is 3.15. The van der Waals surface area contributed by atoms with Crippen LogP contribution in [0.3, 0.4) is 0 Å². The lowest BCUT2D eigenvalue weighted by atomic mass is 10.3. The van der Waals surface area contributed by atoms with Gasteiger partial charge < -0.3 is 9.88 Å². The van der Waals surface area contributed by atoms with Crippen LogP contribution in [0.5, 0.6) is 0 Å². The molecule has 0 saturated heterocycles. The highest BCUT2D eigenvalue weighted by Gasteiger charge is 2.14. The molecule has 2 heterocycles. The van der Waals surface area contributed by atoms with Gasteiger partial charge in [0, 0.05) is 5.38 Å². The first-order chi connectivity index (χ1) is 10.7. The maximum Gasteiger partial charge on any atom is 0.246 e. The molecule has 3 aromatic rings. The number of amides is 1. The van der Waals surface area contributed by atoms with Crippen LogP contribution in [0.4, 0.5) is 5.13 Å². The molecular formula is C15H16N4OS2. The summed E-state index contributed by atoms with van der Waals surface area (Å²) in [4.78, 5) is 21.2. The van der Waals surface area contributed by atoms with E-state index in [0.29, 0.717) is 5.13 Å². The largest absolute Gasteiger partial charge is 0.318 e. The molecule has 0 aliphatic carbocycles. The molecule has 0 aliphatic heterocycles. The topological polar surface area (TPSA) is 59.8 Å². The van der Waals surface area contributed by atoms with Crippen molar-refractivity contribution in [3.05, 3.63) is 41.2 Å². The molecular weight excluding hydrogens is 316 g/mol. The highest BCUT2D eigenvalue weighted by atomic mass is 32.2. The summed E-state index contributed by atoms with van der Waals surface area (Å²) in [5.41, 5.74) is 2.82. The number of benzene rings is 1. The number of hydrogen-bond donors (Lipinski definition) is 1. The molecule has 0 atom stereocenters. The Labute approximate surface area is 136 Å². The molecule has 1 amide bonds. The van der Waals surface area contributed by atoms with Gasteiger partial charge in [-0.3, -0.25) is 4.79 Å². The number of thioether (sulfide) groups is 1. The zero-order valence-electron chi connectivity index (χ0n) is 12.4. The smallest absolute Gasteiger partial charge is 0.246 e. The Bertz CT molecular complexity index is 809. The quantitative estimate of drug-likeness (QED) is 0.779. The molecule has 7 heteroatoms. The van der Waals surface area contributed by atoms with Gasteiger partial charge in [-0.25, -0.2) is 9.97 Å². The number of aromatic nitrogens is 3. The summed E-state index contributed by atoms with van der Waals surface area (Å²) in [6, 6.07) is 7.89. The Morgan fingerprint density at radius 1 is 1.36 bits per heavy atom. The van der Waals surface area contributed by atoms with Crippen molar-refractivity contribution in [1.82, 2.24) is 14.5 Å². The second-order valence-electron chi connectivity index (χ2n) is 4.88. The third-order valence-electron chi connectivity index (χ3n) is 3.17. The Kier molecular flexibility index (Phi) is 4.44. The summed E-state index contributed by atoms with van der Waals surface area (Å²) >= 11 is 3.13. The number of carbonyl (C=O) groups excluding carboxylic acids is 1. The van der Waals surface area contributed by atoms with Gasteiger partial charge in [-0.2, -0.15) is 11.8 Å². The summed E-state index contributed by atoms with van der Waals surface area (Å²) in [7, 11) is 0. The van der Waals surface area contributed by atoms with Gasteiger partial charge in [0.05, 0.1) is 22.5 Å². The van der Waals surface area contributed by atoms with Crippen molar-refractivity contribution in [2.75, 3.05) is 11.6 Å². The fourth-order valence-corrected chi connectivity index (χ4v) is 3.44. The second-order valence-corrected chi connectivity index (χ2v) is 6.60. The average Bonchev–Trinajstić information content (AvgIpc) is 3.04. The van der Waals surface area contributed by atoms with Crippen LogP contribution in [0.15, 0.2) is 29.6 Å². The second kappa shape index (κ2) is 6.50. The fraction of sp³-hybridized carbons (Fsp3) is 0.267. The van der Waals surface area contributed by atoms with Gasteiger partial charge in [0.1, 0.15) is 12.4 Å². The molecule has 5 nitrogen and oxygen atoms in total. The molecule has 0 radical (unpaired) electrons. The number of thiazole rings is 1. The number of carbonyl (C=O) groups is 1. The summed E-state index contributed by atoms with van der Waals surface area (Å²) in [5, 5.41) is 5.40. The number of rotatable bonds is 5. The summed E-state index contributed by atoms with van der Waals surface area (Å²) in [6.07, 6.45) is 2.03. The van der Waals surface area contributed by atoms with Crippen LogP contribution < -0.4 is 5.32 Å². The maximum absolute atomic E-state index is 12.3. The van der Waals surface area contributed by atoms with Gasteiger partial charge in [-0.05, 0) is 25.3 Å². The van der Waals surface area contributed by atoms with Crippen LogP contribution in [0.25, 0.3) is 11.0 Å². The molecule has 0 spiro atoms. The minimum Gasteiger partial charge on any atom is -0.318 e. The fourth-order valence-electron chi connectivity index (χ4n) is 2.25. The lowest BCUT2D eigenvalue weighted by Crippen LogP contribution is -2.20. The molecule has 2 aromatic heterocycles. The molecule has 0 bridgehead atoms. The molecule has 0 aliphatic rings. The van der Waals surface area contributed by atoms with Gasteiger partial charge >= 0.3 is 0 Å². The number of anilines is 1. The number of aryl methyl sites for hydroxylation is 1. The van der Waals surface area contributed by atoms with E-state index in [-0.39, 0.29) is 12.5 Å². The van der Waals surface area contributed by atoms with E-state index in [1.807, 2.05) is 47.4 Å². The van der Waals surface area contributed by atoms with Crippen LogP contribution in [-0.2, 0) is 17.1 Å². The van der Waals surface area contributed by atoms with E-state index < -0.39 is 0 Å². The standard InChI is InChI=1S/C15H16N4OS2/c1-10-8-22-15(16-10)18-14(20)7-19-12-6-4-3-5-11(12)17-13(19)9-21-2/h3-6,8H,7,9H2,1-2H3,(H,16,18,20). The first kappa shape index (κ1) is 15.1. The van der Waals surface area contributed by atoms with Crippen LogP contribution in [0.1, 0.15) is 11.5 Å². The summed E-state index contributed by atoms with van der Waals surface area (Å²) < 4.78 is 1.97. The molecule has 0 unspecified atom stereocenters. The minimum absolute atomic E-state index is 0.0835. The monoisotopic (exact) mass is 332 g/mol. The molecule has 1 N–H and O–H groups in total. The van der Waals surface area contributed by atoms with Crippen molar-refractivity contribution in [2.45, 2.75) is 19.2 Å². The molecule has 3 rings (SSSR count). The number of fused-ring (bicyclic) bond motifs is 1. The van der Waals surface area contributed by atoms with Crippen molar-refractivity contribution in [2.24, 2.45) is 0 Å². The SMILES string of the molecule is CSCc1nc2ccccc2n1CC(=O)Nc1nc(C)cs1. The first-order valence-electron chi connectivity index (χ1n) is 6.82. The van der Waals surface area contributed by atoms with Gasteiger partial charge in [0.2, 0.25) is 5.91 Å². The van der Waals surface area contributed by atoms with E-state index in [1.54, 1.807) is 11.8 Å². The minimum atomic E-state index is -0.0835. The van der Waals surface area contributed by atoms with Crippen LogP contribution in [0, 0.1) is 6.92 Å². The number of hydrogen-bond acceptors (Lipinski definition) is 5. The van der Waals surface area contributed by atoms with E-state index >= 15 is 0 Å². The van der Waals surface area contributed by atoms with E-state index in [2.05, 4.69) is 15.3 Å². The Morgan fingerprint density at radius 2 is 2.18 bits per heavy atom. The number of nitrogens with zero attached hydrogens (tertiary/aromatic N) is 3. The third-order valence-corrected chi connectivity index (χ3v) is 4.60. The zero-order valence-corrected chi connectivity index (χ0v) is 14.0. The van der Waals surface area contributed by atoms with Crippen molar-refractivity contribution in [3.63, 3.8) is 0 Å². The number of nitrogens with one attached hydrogen (secondary N) is 1. The van der Waals surface area contributed by atoms with Crippen LogP contribution in [0.2, 0.25) is 0 Å². The summed E-state index contributed by atoms with van der Waals surface area (Å²) in [6.45, 7) is 2.15. The van der Waals surface area contributed by atoms with E-state index in [9.17, 15) is 4.79 Å². The Morgan fingerprint density at radius 3 is 2.91 bits per heavy atom. The van der Waals surface area contributed by atoms with Gasteiger partial charge in [0.25, 0.3) is 0 Å². The molecule has 1 aromatic carbocycles. The van der Waals surface area contributed by atoms with E-state index in [0.717, 1.165) is 28.3 Å². The van der Waals surface area contributed by atoms with Crippen molar-refractivity contribution < 1.29 is 4.79 Å². The van der Waals surface area contributed by atoms with Gasteiger partial charge in [0.15, 0.2) is 5.13 Å². The Hall–Kier alpha value is -1.86. The van der Waals surface area contributed by atoms with E-state index in [4.69, 9.17) is 0 Å². The molecule has 22 heavy (non-hydrogen) atoms. The molecule has 0 fully saturated rings. The van der Waals surface area contributed by atoms with Gasteiger partial charge in [-0.15, -0.1) is 11.3 Å². The highest BCUT2D eigenvalue weighted by molar-refractivity contribution is 7.97. The predicted molar refractivity (Wildman–Crippen MR) is 92.4 cm³/mol. The molecule has 0 saturated carbocycles. The van der Waals surface area contributed by atoms with Crippen molar-refractivity contribution in [1.29, 1.82) is 0 Å². The van der Waals surface area contributed by atoms with Crippen molar-refractivity contribution in [3.8, 4) is 0 Å². The average molecular weight is 332 g/mol. The lowest BCUT2D eigenvalue weighted by Gasteiger charge is -2.08. The first-order valence-corrected chi connectivity index (χ1v) is 9.10. The van der Waals surface area contributed by atoms with Crippen molar-refractivity contribution >= 4 is 45.2 Å². The predicted octanol–water partition coefficient (Wildman–Crippen LogP) is 3.30. The zero-order chi connectivity index (χ0) is 15.5. The summed E-state index contributed by atoms with van der Waals surface area (Å²) in [5.74, 6) is 1.61. The normalized spacial score (nSPS) is 11.0. The maximum atomic E-state index is 12.3. The number of para-hydroxylation sites is 2. The lowest BCUT2D eigenvalue weighted by molar-refractivity contribution is -0.116. The Balaban J connectivity index is 1.85. The van der Waals surface area contributed by atoms with Crippen LogP contribution in [-0.4, -0.2) is 26.7 Å². The number of imidazole rings is 1.